The maximum Gasteiger partial charge on any atom is 0.322 e. The van der Waals surface area contributed by atoms with Gasteiger partial charge in [-0.05, 0) is 48.6 Å². The first-order chi connectivity index (χ1) is 13.4. The van der Waals surface area contributed by atoms with Crippen LogP contribution >= 0.6 is 0 Å². The molecule has 1 aromatic rings. The molecule has 3 aliphatic carbocycles. The molecule has 5 heteroatoms. The number of carbonyl (C=O) groups is 1. The zero-order valence-electron chi connectivity index (χ0n) is 17.9. The van der Waals surface area contributed by atoms with Crippen molar-refractivity contribution < 1.29 is 14.3 Å². The number of rotatable bonds is 8. The van der Waals surface area contributed by atoms with Crippen LogP contribution in [0, 0.1) is 17.3 Å². The molecule has 4 rings (SSSR count). The summed E-state index contributed by atoms with van der Waals surface area (Å²) in [4.78, 5) is 15.0. The SMILES string of the molecule is CCCCN(CC1=CCC2CC1C2(C)C)C(=O)Nc1ccc(OC)cc1OC. The summed E-state index contributed by atoms with van der Waals surface area (Å²) in [6.45, 7) is 8.37. The minimum Gasteiger partial charge on any atom is -0.497 e. The second-order valence-corrected chi connectivity index (χ2v) is 8.59. The number of benzene rings is 1. The van der Waals surface area contributed by atoms with Crippen LogP contribution in [0.1, 0.15) is 46.5 Å². The number of nitrogens with one attached hydrogen (secondary N) is 1. The Balaban J connectivity index is 1.73. The van der Waals surface area contributed by atoms with E-state index in [0.29, 0.717) is 35.1 Å². The zero-order valence-corrected chi connectivity index (χ0v) is 17.9. The fourth-order valence-corrected chi connectivity index (χ4v) is 4.57. The average molecular weight is 387 g/mol. The van der Waals surface area contributed by atoms with Gasteiger partial charge >= 0.3 is 6.03 Å². The lowest BCUT2D eigenvalue weighted by molar-refractivity contribution is -0.00952. The number of fused-ring (bicyclic) bond motifs is 1. The molecule has 0 aromatic heterocycles. The first kappa shape index (κ1) is 20.6. The maximum absolute atomic E-state index is 13.1. The summed E-state index contributed by atoms with van der Waals surface area (Å²) in [6, 6.07) is 5.37. The van der Waals surface area contributed by atoms with Gasteiger partial charge in [-0.1, -0.05) is 38.8 Å². The van der Waals surface area contributed by atoms with Crippen LogP contribution < -0.4 is 14.8 Å². The van der Waals surface area contributed by atoms with Crippen molar-refractivity contribution in [2.75, 3.05) is 32.6 Å². The number of hydrogen-bond acceptors (Lipinski definition) is 3. The molecule has 154 valence electrons. The van der Waals surface area contributed by atoms with E-state index < -0.39 is 0 Å². The van der Waals surface area contributed by atoms with Crippen LogP contribution in [-0.2, 0) is 0 Å². The predicted octanol–water partition coefficient (Wildman–Crippen LogP) is 5.33. The van der Waals surface area contributed by atoms with Crippen LogP contribution in [0.5, 0.6) is 11.5 Å². The minimum atomic E-state index is -0.0722. The molecule has 0 spiro atoms. The van der Waals surface area contributed by atoms with Crippen molar-refractivity contribution in [3.05, 3.63) is 29.8 Å². The summed E-state index contributed by atoms with van der Waals surface area (Å²) in [5, 5.41) is 3.04. The van der Waals surface area contributed by atoms with Gasteiger partial charge in [-0.15, -0.1) is 0 Å². The number of ether oxygens (including phenoxy) is 2. The highest BCUT2D eigenvalue weighted by atomic mass is 16.5. The highest BCUT2D eigenvalue weighted by Crippen LogP contribution is 2.59. The van der Waals surface area contributed by atoms with Crippen molar-refractivity contribution in [1.82, 2.24) is 4.90 Å². The molecule has 1 aromatic carbocycles. The third kappa shape index (κ3) is 3.98. The molecular formula is C23H34N2O3. The largest absolute Gasteiger partial charge is 0.497 e. The normalized spacial score (nSPS) is 22.0. The average Bonchev–Trinajstić information content (AvgIpc) is 2.71. The van der Waals surface area contributed by atoms with Crippen molar-refractivity contribution in [2.24, 2.45) is 17.3 Å². The van der Waals surface area contributed by atoms with Gasteiger partial charge in [0.2, 0.25) is 0 Å². The number of nitrogens with zero attached hydrogens (tertiary/aromatic N) is 1. The number of anilines is 1. The Morgan fingerprint density at radius 1 is 1.29 bits per heavy atom. The van der Waals surface area contributed by atoms with Gasteiger partial charge in [0.1, 0.15) is 11.5 Å². The molecule has 1 N–H and O–H groups in total. The molecular weight excluding hydrogens is 352 g/mol. The third-order valence-electron chi connectivity index (χ3n) is 6.68. The molecule has 0 radical (unpaired) electrons. The van der Waals surface area contributed by atoms with Crippen LogP contribution in [0.4, 0.5) is 10.5 Å². The number of amides is 2. The van der Waals surface area contributed by atoms with Crippen LogP contribution in [-0.4, -0.2) is 38.2 Å². The van der Waals surface area contributed by atoms with E-state index in [4.69, 9.17) is 9.47 Å². The highest BCUT2D eigenvalue weighted by molar-refractivity contribution is 5.91. The summed E-state index contributed by atoms with van der Waals surface area (Å²) < 4.78 is 10.7. The number of carbonyl (C=O) groups excluding carboxylic acids is 1. The quantitative estimate of drug-likeness (QED) is 0.614. The lowest BCUT2D eigenvalue weighted by Crippen LogP contribution is -2.50. The van der Waals surface area contributed by atoms with Crippen molar-refractivity contribution in [3.63, 3.8) is 0 Å². The molecule has 0 saturated heterocycles. The Hall–Kier alpha value is -2.17. The van der Waals surface area contributed by atoms with Gasteiger partial charge in [0.05, 0.1) is 19.9 Å². The Morgan fingerprint density at radius 3 is 2.68 bits per heavy atom. The van der Waals surface area contributed by atoms with Crippen LogP contribution in [0.3, 0.4) is 0 Å². The Morgan fingerprint density at radius 2 is 2.07 bits per heavy atom. The first-order valence-electron chi connectivity index (χ1n) is 10.4. The van der Waals surface area contributed by atoms with Gasteiger partial charge in [0.15, 0.2) is 0 Å². The topological polar surface area (TPSA) is 50.8 Å². The van der Waals surface area contributed by atoms with E-state index in [1.54, 1.807) is 20.3 Å². The standard InChI is InChI=1S/C23H34N2O3/c1-6-7-12-25(15-16-8-9-17-13-19(16)23(17,2)3)22(26)24-20-11-10-18(27-4)14-21(20)28-5/h8,10-11,14,17,19H,6-7,9,12-13,15H2,1-5H3,(H,24,26). The van der Waals surface area contributed by atoms with Crippen molar-refractivity contribution in [2.45, 2.75) is 46.5 Å². The Bertz CT molecular complexity index is 741. The first-order valence-corrected chi connectivity index (χ1v) is 10.4. The molecule has 2 atom stereocenters. The summed E-state index contributed by atoms with van der Waals surface area (Å²) in [7, 11) is 3.21. The smallest absolute Gasteiger partial charge is 0.322 e. The van der Waals surface area contributed by atoms with Gasteiger partial charge in [-0.25, -0.2) is 4.79 Å². The summed E-state index contributed by atoms with van der Waals surface area (Å²) in [5.41, 5.74) is 2.47. The minimum absolute atomic E-state index is 0.0722. The fraction of sp³-hybridized carbons (Fsp3) is 0.609. The molecule has 2 unspecified atom stereocenters. The molecule has 5 nitrogen and oxygen atoms in total. The lowest BCUT2D eigenvalue weighted by Gasteiger charge is -2.57. The van der Waals surface area contributed by atoms with E-state index in [9.17, 15) is 4.79 Å². The van der Waals surface area contributed by atoms with Gasteiger partial charge in [-0.3, -0.25) is 0 Å². The van der Waals surface area contributed by atoms with Crippen molar-refractivity contribution in [1.29, 1.82) is 0 Å². The van der Waals surface area contributed by atoms with Crippen LogP contribution in [0.2, 0.25) is 0 Å². The zero-order chi connectivity index (χ0) is 20.3. The Labute approximate surface area is 169 Å². The van der Waals surface area contributed by atoms with Crippen molar-refractivity contribution >= 4 is 11.7 Å². The number of hydrogen-bond donors (Lipinski definition) is 1. The molecule has 0 aliphatic heterocycles. The van der Waals surface area contributed by atoms with E-state index >= 15 is 0 Å². The van der Waals surface area contributed by atoms with Gasteiger partial charge in [-0.2, -0.15) is 0 Å². The van der Waals surface area contributed by atoms with E-state index in [2.05, 4.69) is 32.2 Å². The summed E-state index contributed by atoms with van der Waals surface area (Å²) in [6.07, 6.45) is 6.86. The molecule has 1 fully saturated rings. The molecule has 3 aliphatic rings. The molecule has 2 amide bonds. The van der Waals surface area contributed by atoms with Gasteiger partial charge in [0.25, 0.3) is 0 Å². The Kier molecular flexibility index (Phi) is 6.21. The fourth-order valence-electron chi connectivity index (χ4n) is 4.57. The predicted molar refractivity (Wildman–Crippen MR) is 113 cm³/mol. The van der Waals surface area contributed by atoms with E-state index in [-0.39, 0.29) is 6.03 Å². The number of unbranched alkanes of at least 4 members (excludes halogenated alkanes) is 1. The molecule has 2 bridgehead atoms. The second-order valence-electron chi connectivity index (χ2n) is 8.59. The van der Waals surface area contributed by atoms with Crippen molar-refractivity contribution in [3.8, 4) is 11.5 Å². The van der Waals surface area contributed by atoms with Gasteiger partial charge < -0.3 is 19.7 Å². The number of urea groups is 1. The third-order valence-corrected chi connectivity index (χ3v) is 6.68. The number of allylic oxidation sites excluding steroid dienone is 1. The molecule has 28 heavy (non-hydrogen) atoms. The second kappa shape index (κ2) is 8.46. The van der Waals surface area contributed by atoms with Crippen LogP contribution in [0.15, 0.2) is 29.8 Å². The molecule has 0 heterocycles. The number of methoxy groups -OCH3 is 2. The summed E-state index contributed by atoms with van der Waals surface area (Å²) >= 11 is 0. The lowest BCUT2D eigenvalue weighted by atomic mass is 9.49. The maximum atomic E-state index is 13.1. The molecule has 1 saturated carbocycles. The van der Waals surface area contributed by atoms with E-state index in [0.717, 1.165) is 31.7 Å². The monoisotopic (exact) mass is 386 g/mol. The van der Waals surface area contributed by atoms with Crippen LogP contribution in [0.25, 0.3) is 0 Å². The van der Waals surface area contributed by atoms with Gasteiger partial charge in [0, 0.05) is 19.2 Å². The highest BCUT2D eigenvalue weighted by Gasteiger charge is 2.51. The summed E-state index contributed by atoms with van der Waals surface area (Å²) in [5.74, 6) is 2.72. The van der Waals surface area contributed by atoms with E-state index in [1.165, 1.54) is 12.0 Å². The van der Waals surface area contributed by atoms with E-state index in [1.807, 2.05) is 17.0 Å².